The van der Waals surface area contributed by atoms with E-state index in [-0.39, 0.29) is 25.0 Å². The molecular weight excluding hydrogens is 432 g/mol. The van der Waals surface area contributed by atoms with Crippen molar-refractivity contribution in [2.24, 2.45) is 5.41 Å². The first-order valence-corrected chi connectivity index (χ1v) is 12.1. The molecule has 2 amide bonds. The maximum atomic E-state index is 12.7. The zero-order valence-corrected chi connectivity index (χ0v) is 19.5. The maximum Gasteiger partial charge on any atom is 0.407 e. The zero-order valence-electron chi connectivity index (χ0n) is 19.5. The lowest BCUT2D eigenvalue weighted by molar-refractivity contribution is -0.151. The van der Waals surface area contributed by atoms with Gasteiger partial charge in [-0.05, 0) is 41.5 Å². The molecule has 180 valence electrons. The van der Waals surface area contributed by atoms with E-state index in [4.69, 9.17) is 4.74 Å². The van der Waals surface area contributed by atoms with E-state index in [9.17, 15) is 19.5 Å². The molecule has 0 radical (unpaired) electrons. The van der Waals surface area contributed by atoms with Crippen molar-refractivity contribution < 1.29 is 24.2 Å². The predicted octanol–water partition coefficient (Wildman–Crippen LogP) is 4.46. The molecule has 2 aliphatic carbocycles. The van der Waals surface area contributed by atoms with Gasteiger partial charge in [-0.25, -0.2) is 4.79 Å². The Hall–Kier alpha value is -3.35. The summed E-state index contributed by atoms with van der Waals surface area (Å²) < 4.78 is 5.55. The summed E-state index contributed by atoms with van der Waals surface area (Å²) in [7, 11) is 0. The number of rotatable bonds is 8. The maximum absolute atomic E-state index is 12.7. The van der Waals surface area contributed by atoms with E-state index >= 15 is 0 Å². The standard InChI is InChI=1S/C27H32N2O5/c1-2-23(24(30)28-17-27(25(31)32)14-8-3-9-15-27)29-26(33)34-16-22-20-12-6-4-10-18(20)19-11-5-7-13-21(19)22/h4-7,10-13,22-23H,2-3,8-9,14-17H2,1H3,(H,28,30)(H,29,33)(H,31,32)/t23-/m1/s1. The highest BCUT2D eigenvalue weighted by molar-refractivity contribution is 5.86. The topological polar surface area (TPSA) is 105 Å². The Labute approximate surface area is 199 Å². The van der Waals surface area contributed by atoms with Gasteiger partial charge in [0.05, 0.1) is 5.41 Å². The molecule has 0 saturated heterocycles. The van der Waals surface area contributed by atoms with Crippen LogP contribution in [-0.2, 0) is 14.3 Å². The molecule has 2 aromatic rings. The van der Waals surface area contributed by atoms with Crippen LogP contribution in [0, 0.1) is 5.41 Å². The van der Waals surface area contributed by atoms with Crippen LogP contribution in [0.5, 0.6) is 0 Å². The van der Waals surface area contributed by atoms with E-state index in [0.717, 1.165) is 41.5 Å². The second-order valence-electron chi connectivity index (χ2n) is 9.29. The summed E-state index contributed by atoms with van der Waals surface area (Å²) in [4.78, 5) is 37.1. The van der Waals surface area contributed by atoms with Crippen LogP contribution in [0.2, 0.25) is 0 Å². The largest absolute Gasteiger partial charge is 0.481 e. The van der Waals surface area contributed by atoms with Gasteiger partial charge >= 0.3 is 12.1 Å². The molecule has 0 heterocycles. The Morgan fingerprint density at radius 3 is 2.15 bits per heavy atom. The second-order valence-corrected chi connectivity index (χ2v) is 9.29. The van der Waals surface area contributed by atoms with E-state index in [1.54, 1.807) is 6.92 Å². The molecule has 0 aromatic heterocycles. The molecule has 3 N–H and O–H groups in total. The molecule has 7 nitrogen and oxygen atoms in total. The number of alkyl carbamates (subject to hydrolysis) is 1. The van der Waals surface area contributed by atoms with Crippen molar-refractivity contribution in [2.75, 3.05) is 13.2 Å². The molecule has 1 saturated carbocycles. The van der Waals surface area contributed by atoms with E-state index < -0.39 is 23.5 Å². The van der Waals surface area contributed by atoms with Crippen molar-refractivity contribution in [3.63, 3.8) is 0 Å². The highest BCUT2D eigenvalue weighted by atomic mass is 16.5. The first kappa shape index (κ1) is 23.8. The minimum Gasteiger partial charge on any atom is -0.481 e. The van der Waals surface area contributed by atoms with Gasteiger partial charge in [0.2, 0.25) is 5.91 Å². The number of fused-ring (bicyclic) bond motifs is 3. The van der Waals surface area contributed by atoms with E-state index in [2.05, 4.69) is 22.8 Å². The number of hydrogen-bond acceptors (Lipinski definition) is 4. The Morgan fingerprint density at radius 1 is 1.00 bits per heavy atom. The summed E-state index contributed by atoms with van der Waals surface area (Å²) in [6, 6.07) is 15.4. The predicted molar refractivity (Wildman–Crippen MR) is 128 cm³/mol. The van der Waals surface area contributed by atoms with Crippen LogP contribution in [0.1, 0.15) is 62.5 Å². The van der Waals surface area contributed by atoms with E-state index in [0.29, 0.717) is 19.3 Å². The zero-order chi connectivity index (χ0) is 24.1. The highest BCUT2D eigenvalue weighted by Gasteiger charge is 2.40. The molecule has 0 unspecified atom stereocenters. The summed E-state index contributed by atoms with van der Waals surface area (Å²) in [5, 5.41) is 15.1. The second kappa shape index (κ2) is 10.3. The van der Waals surface area contributed by atoms with Crippen molar-refractivity contribution in [2.45, 2.75) is 57.4 Å². The van der Waals surface area contributed by atoms with Gasteiger partial charge in [-0.3, -0.25) is 9.59 Å². The third kappa shape index (κ3) is 4.79. The summed E-state index contributed by atoms with van der Waals surface area (Å²) in [5.74, 6) is -1.32. The summed E-state index contributed by atoms with van der Waals surface area (Å²) in [6.07, 6.45) is 3.53. The number of carboxylic acid groups (broad SMARTS) is 1. The smallest absolute Gasteiger partial charge is 0.407 e. The van der Waals surface area contributed by atoms with Gasteiger partial charge in [0.1, 0.15) is 12.6 Å². The first-order chi connectivity index (χ1) is 16.4. The van der Waals surface area contributed by atoms with Gasteiger partial charge in [0, 0.05) is 12.5 Å². The lowest BCUT2D eigenvalue weighted by atomic mass is 9.74. The number of carbonyl (C=O) groups is 3. The monoisotopic (exact) mass is 464 g/mol. The molecule has 2 aliphatic rings. The van der Waals surface area contributed by atoms with E-state index in [1.807, 2.05) is 36.4 Å². The molecular formula is C27H32N2O5. The SMILES string of the molecule is CC[C@@H](NC(=O)OCC1c2ccccc2-c2ccccc21)C(=O)NCC1(C(=O)O)CCCCC1. The van der Waals surface area contributed by atoms with Gasteiger partial charge in [0.25, 0.3) is 0 Å². The number of carboxylic acids is 1. The molecule has 2 aromatic carbocycles. The number of benzene rings is 2. The molecule has 0 bridgehead atoms. The Bertz CT molecular complexity index is 1010. The average Bonchev–Trinajstić information content (AvgIpc) is 3.18. The normalized spacial score (nSPS) is 17.2. The number of ether oxygens (including phenoxy) is 1. The Kier molecular flexibility index (Phi) is 7.20. The van der Waals surface area contributed by atoms with Crippen molar-refractivity contribution in [3.05, 3.63) is 59.7 Å². The number of aliphatic carboxylic acids is 1. The summed E-state index contributed by atoms with van der Waals surface area (Å²) >= 11 is 0. The van der Waals surface area contributed by atoms with Crippen LogP contribution < -0.4 is 10.6 Å². The molecule has 4 rings (SSSR count). The Morgan fingerprint density at radius 2 is 1.59 bits per heavy atom. The highest BCUT2D eigenvalue weighted by Crippen LogP contribution is 2.44. The van der Waals surface area contributed by atoms with Crippen molar-refractivity contribution >= 4 is 18.0 Å². The van der Waals surface area contributed by atoms with Gasteiger partial charge in [0.15, 0.2) is 0 Å². The lowest BCUT2D eigenvalue weighted by Crippen LogP contribution is -2.51. The minimum absolute atomic E-state index is 0.0613. The molecule has 7 heteroatoms. The molecule has 1 atom stereocenters. The summed E-state index contributed by atoms with van der Waals surface area (Å²) in [5.41, 5.74) is 3.61. The first-order valence-electron chi connectivity index (χ1n) is 12.1. The van der Waals surface area contributed by atoms with E-state index in [1.165, 1.54) is 0 Å². The van der Waals surface area contributed by atoms with Gasteiger partial charge in [-0.15, -0.1) is 0 Å². The third-order valence-electron chi connectivity index (χ3n) is 7.23. The fraction of sp³-hybridized carbons (Fsp3) is 0.444. The Balaban J connectivity index is 1.34. The number of amides is 2. The van der Waals surface area contributed by atoms with Gasteiger partial charge < -0.3 is 20.5 Å². The third-order valence-corrected chi connectivity index (χ3v) is 7.23. The van der Waals surface area contributed by atoms with Crippen molar-refractivity contribution in [3.8, 4) is 11.1 Å². The van der Waals surface area contributed by atoms with Crippen LogP contribution in [0.25, 0.3) is 11.1 Å². The quantitative estimate of drug-likeness (QED) is 0.535. The van der Waals surface area contributed by atoms with Crippen LogP contribution in [0.15, 0.2) is 48.5 Å². The van der Waals surface area contributed by atoms with Crippen LogP contribution >= 0.6 is 0 Å². The molecule has 1 fully saturated rings. The number of nitrogens with one attached hydrogen (secondary N) is 2. The van der Waals surface area contributed by atoms with Crippen LogP contribution in [-0.4, -0.2) is 42.3 Å². The molecule has 34 heavy (non-hydrogen) atoms. The molecule has 0 spiro atoms. The number of hydrogen-bond donors (Lipinski definition) is 3. The van der Waals surface area contributed by atoms with Gasteiger partial charge in [-0.1, -0.05) is 74.7 Å². The fourth-order valence-corrected chi connectivity index (χ4v) is 5.21. The number of carbonyl (C=O) groups excluding carboxylic acids is 2. The van der Waals surface area contributed by atoms with Gasteiger partial charge in [-0.2, -0.15) is 0 Å². The van der Waals surface area contributed by atoms with Crippen molar-refractivity contribution in [1.29, 1.82) is 0 Å². The average molecular weight is 465 g/mol. The summed E-state index contributed by atoms with van der Waals surface area (Å²) in [6.45, 7) is 2.03. The minimum atomic E-state index is -0.921. The van der Waals surface area contributed by atoms with Crippen molar-refractivity contribution in [1.82, 2.24) is 10.6 Å². The van der Waals surface area contributed by atoms with Crippen LogP contribution in [0.4, 0.5) is 4.79 Å². The molecule has 0 aliphatic heterocycles. The van der Waals surface area contributed by atoms with Crippen LogP contribution in [0.3, 0.4) is 0 Å². The lowest BCUT2D eigenvalue weighted by Gasteiger charge is -2.33. The fourth-order valence-electron chi connectivity index (χ4n) is 5.21.